The molecule has 1 aromatic rings. The lowest BCUT2D eigenvalue weighted by Gasteiger charge is -2.38. The van der Waals surface area contributed by atoms with Crippen LogP contribution in [0.3, 0.4) is 0 Å². The Kier molecular flexibility index (Phi) is 23.4. The summed E-state index contributed by atoms with van der Waals surface area (Å²) in [5.41, 5.74) is -2.53. The molecule has 0 aliphatic carbocycles. The van der Waals surface area contributed by atoms with Gasteiger partial charge < -0.3 is 38.5 Å². The maximum absolute atomic E-state index is 14.6. The summed E-state index contributed by atoms with van der Waals surface area (Å²) in [6.45, 7) is 23.0. The molecule has 61 heavy (non-hydrogen) atoms. The highest BCUT2D eigenvalue weighted by Crippen LogP contribution is 2.38. The molecule has 0 bridgehead atoms. The average Bonchev–Trinajstić information content (AvgIpc) is 3.65. The summed E-state index contributed by atoms with van der Waals surface area (Å²) in [5, 5.41) is 15.2. The number of unbranched alkanes of at least 4 members (excludes halogenated alkanes) is 8. The van der Waals surface area contributed by atoms with Gasteiger partial charge in [0.15, 0.2) is 19.7 Å². The van der Waals surface area contributed by atoms with E-state index in [4.69, 9.17) is 28.1 Å². The third kappa shape index (κ3) is 19.4. The first-order valence-electron chi connectivity index (χ1n) is 22.8. The number of carbonyl (C=O) groups is 3. The van der Waals surface area contributed by atoms with E-state index in [1.54, 1.807) is 52.8 Å². The lowest BCUT2D eigenvalue weighted by atomic mass is 9.82. The second-order valence-electron chi connectivity index (χ2n) is 18.8. The van der Waals surface area contributed by atoms with Crippen molar-refractivity contribution in [3.05, 3.63) is 42.0 Å². The van der Waals surface area contributed by atoms with Crippen LogP contribution in [0.4, 0.5) is 0 Å². The van der Waals surface area contributed by atoms with Gasteiger partial charge in [-0.05, 0) is 96.1 Å². The van der Waals surface area contributed by atoms with Gasteiger partial charge in [0, 0.05) is 32.3 Å². The van der Waals surface area contributed by atoms with Crippen LogP contribution in [0.2, 0.25) is 18.1 Å². The van der Waals surface area contributed by atoms with Crippen molar-refractivity contribution >= 4 is 26.2 Å². The summed E-state index contributed by atoms with van der Waals surface area (Å²) in [6, 6.07) is 6.05. The number of hydrogen-bond donors (Lipinski definition) is 2. The molecule has 2 N–H and O–H groups in total. The van der Waals surface area contributed by atoms with Gasteiger partial charge >= 0.3 is 11.9 Å². The number of carbonyl (C=O) groups excluding carboxylic acids is 3. The van der Waals surface area contributed by atoms with E-state index in [0.717, 1.165) is 50.5 Å². The highest BCUT2D eigenvalue weighted by Gasteiger charge is 2.50. The number of esters is 2. The van der Waals surface area contributed by atoms with Crippen molar-refractivity contribution in [2.24, 2.45) is 5.92 Å². The topological polar surface area (TPSA) is 139 Å². The molecular formula is C49H81NO10Si. The Morgan fingerprint density at radius 3 is 2.08 bits per heavy atom. The molecule has 0 radical (unpaired) electrons. The normalized spacial score (nSPS) is 16.3. The Bertz CT molecular complexity index is 1550. The van der Waals surface area contributed by atoms with Gasteiger partial charge in [0.1, 0.15) is 24.0 Å². The molecule has 1 saturated heterocycles. The molecule has 0 saturated carbocycles. The minimum absolute atomic E-state index is 0.0249. The second-order valence-corrected chi connectivity index (χ2v) is 23.6. The SMILES string of the molecule is CC#CCOc1ccc(C[C@H](NC(=O)[C@@H](C=CCCCCCCC2(CCCCCCC)OCCO2)[C@@](O)(CCO[Si](C)(C)C(C)(C)C)C(=O)OC(C)(C)C)C(=O)OCC)cc1. The third-order valence-corrected chi connectivity index (χ3v) is 16.1. The van der Waals surface area contributed by atoms with E-state index in [1.807, 2.05) is 18.2 Å². The van der Waals surface area contributed by atoms with E-state index in [0.29, 0.717) is 25.4 Å². The number of aliphatic hydroxyl groups is 1. The number of hydrogen-bond acceptors (Lipinski definition) is 10. The molecule has 0 unspecified atom stereocenters. The first-order chi connectivity index (χ1) is 28.7. The van der Waals surface area contributed by atoms with Crippen LogP contribution >= 0.6 is 0 Å². The lowest BCUT2D eigenvalue weighted by Crippen LogP contribution is -2.57. The zero-order valence-corrected chi connectivity index (χ0v) is 40.7. The van der Waals surface area contributed by atoms with Gasteiger partial charge in [-0.15, -0.1) is 5.92 Å². The van der Waals surface area contributed by atoms with Crippen molar-refractivity contribution in [3.63, 3.8) is 0 Å². The fourth-order valence-corrected chi connectivity index (χ4v) is 7.94. The van der Waals surface area contributed by atoms with Crippen LogP contribution in [-0.2, 0) is 44.2 Å². The molecule has 1 aliphatic rings. The van der Waals surface area contributed by atoms with Crippen molar-refractivity contribution in [3.8, 4) is 17.6 Å². The van der Waals surface area contributed by atoms with Crippen LogP contribution in [0, 0.1) is 17.8 Å². The van der Waals surface area contributed by atoms with Gasteiger partial charge in [-0.1, -0.05) is 96.4 Å². The highest BCUT2D eigenvalue weighted by atomic mass is 28.4. The van der Waals surface area contributed by atoms with E-state index >= 15 is 0 Å². The first kappa shape index (κ1) is 53.9. The number of nitrogens with one attached hydrogen (secondary N) is 1. The smallest absolute Gasteiger partial charge is 0.339 e. The number of rotatable bonds is 28. The molecule has 3 atom stereocenters. The number of amides is 1. The third-order valence-electron chi connectivity index (χ3n) is 11.5. The maximum atomic E-state index is 14.6. The van der Waals surface area contributed by atoms with E-state index in [-0.39, 0.29) is 37.7 Å². The Labute approximate surface area is 369 Å². The van der Waals surface area contributed by atoms with Crippen molar-refractivity contribution in [1.82, 2.24) is 5.32 Å². The number of benzene rings is 1. The van der Waals surface area contributed by atoms with E-state index in [1.165, 1.54) is 25.7 Å². The largest absolute Gasteiger partial charge is 0.481 e. The van der Waals surface area contributed by atoms with Crippen molar-refractivity contribution in [2.45, 2.75) is 193 Å². The van der Waals surface area contributed by atoms with E-state index in [2.05, 4.69) is 57.9 Å². The molecule has 1 heterocycles. The first-order valence-corrected chi connectivity index (χ1v) is 25.8. The molecule has 1 aromatic carbocycles. The van der Waals surface area contributed by atoms with Crippen LogP contribution in [0.15, 0.2) is 36.4 Å². The van der Waals surface area contributed by atoms with Crippen LogP contribution in [0.25, 0.3) is 0 Å². The Hall–Kier alpha value is -3.21. The number of ether oxygens (including phenoxy) is 5. The predicted octanol–water partition coefficient (Wildman–Crippen LogP) is 9.78. The summed E-state index contributed by atoms with van der Waals surface area (Å²) < 4.78 is 35.5. The van der Waals surface area contributed by atoms with Gasteiger partial charge in [-0.3, -0.25) is 4.79 Å². The zero-order valence-electron chi connectivity index (χ0n) is 39.7. The molecule has 1 fully saturated rings. The van der Waals surface area contributed by atoms with Gasteiger partial charge in [-0.25, -0.2) is 9.59 Å². The van der Waals surface area contributed by atoms with Crippen LogP contribution in [0.5, 0.6) is 5.75 Å². The molecule has 1 aliphatic heterocycles. The fourth-order valence-electron chi connectivity index (χ4n) is 6.89. The Balaban J connectivity index is 2.34. The summed E-state index contributed by atoms with van der Waals surface area (Å²) in [7, 11) is -2.30. The van der Waals surface area contributed by atoms with E-state index < -0.39 is 55.1 Å². The molecule has 346 valence electrons. The molecule has 0 aromatic heterocycles. The molecule has 11 nitrogen and oxygen atoms in total. The van der Waals surface area contributed by atoms with Crippen LogP contribution in [0.1, 0.15) is 151 Å². The zero-order chi connectivity index (χ0) is 45.6. The van der Waals surface area contributed by atoms with E-state index in [9.17, 15) is 19.5 Å². The van der Waals surface area contributed by atoms with Gasteiger partial charge in [0.25, 0.3) is 0 Å². The maximum Gasteiger partial charge on any atom is 0.339 e. The molecule has 12 heteroatoms. The monoisotopic (exact) mass is 872 g/mol. The second kappa shape index (κ2) is 26.4. The molecule has 1 amide bonds. The van der Waals surface area contributed by atoms with Gasteiger partial charge in [0.2, 0.25) is 5.91 Å². The highest BCUT2D eigenvalue weighted by molar-refractivity contribution is 6.74. The number of allylic oxidation sites excluding steroid dienone is 1. The molecule has 0 spiro atoms. The van der Waals surface area contributed by atoms with Crippen LogP contribution < -0.4 is 10.1 Å². The van der Waals surface area contributed by atoms with Gasteiger partial charge in [-0.2, -0.15) is 0 Å². The van der Waals surface area contributed by atoms with Crippen molar-refractivity contribution in [1.29, 1.82) is 0 Å². The minimum atomic E-state index is -2.32. The minimum Gasteiger partial charge on any atom is -0.481 e. The summed E-state index contributed by atoms with van der Waals surface area (Å²) in [5.74, 6) is 2.12. The van der Waals surface area contributed by atoms with Crippen molar-refractivity contribution < 1.29 is 47.6 Å². The molecular weight excluding hydrogens is 791 g/mol. The van der Waals surface area contributed by atoms with Gasteiger partial charge in [0.05, 0.1) is 25.7 Å². The Morgan fingerprint density at radius 1 is 0.918 bits per heavy atom. The standard InChI is InChI=1S/C49H81NO10Si/c1-12-15-17-21-24-31-48(57-36-37-58-48)32-25-22-19-18-20-23-26-41(49(54,45(53)60-46(4,5)6)33-35-59-61(10,11)47(7,8)9)43(51)50-42(44(52)55-14-3)38-39-27-29-40(30-28-39)56-34-16-13-2/h23,26-30,41-42,54H,12,14-15,17-22,24-25,31-38H2,1-11H3,(H,50,51)/t41-,42+,49+/m1/s1. The van der Waals surface area contributed by atoms with Crippen molar-refractivity contribution in [2.75, 3.05) is 33.0 Å². The van der Waals surface area contributed by atoms with Crippen LogP contribution in [-0.4, -0.2) is 87.3 Å². The lowest BCUT2D eigenvalue weighted by molar-refractivity contribution is -0.185. The summed E-state index contributed by atoms with van der Waals surface area (Å²) in [4.78, 5) is 42.1. The fraction of sp³-hybridized carbons (Fsp3) is 0.735. The summed E-state index contributed by atoms with van der Waals surface area (Å²) in [6.07, 6.45) is 15.5. The molecule has 2 rings (SSSR count). The average molecular weight is 872 g/mol. The summed E-state index contributed by atoms with van der Waals surface area (Å²) >= 11 is 0. The predicted molar refractivity (Wildman–Crippen MR) is 245 cm³/mol. The quantitative estimate of drug-likeness (QED) is 0.0275. The Morgan fingerprint density at radius 2 is 1.52 bits per heavy atom.